The molecule has 4 heterocycles. The molecular weight excluding hydrogens is 358 g/mol. The Balaban J connectivity index is 1.51. The lowest BCUT2D eigenvalue weighted by atomic mass is 10.0. The summed E-state index contributed by atoms with van der Waals surface area (Å²) in [6.45, 7) is 4.92. The number of aromatic nitrogens is 4. The second-order valence-electron chi connectivity index (χ2n) is 7.13. The predicted molar refractivity (Wildman–Crippen MR) is 101 cm³/mol. The van der Waals surface area contributed by atoms with Gasteiger partial charge in [0.2, 0.25) is 0 Å². The van der Waals surface area contributed by atoms with Crippen molar-refractivity contribution in [3.63, 3.8) is 0 Å². The van der Waals surface area contributed by atoms with Crippen LogP contribution >= 0.6 is 0 Å². The van der Waals surface area contributed by atoms with Crippen LogP contribution in [0.15, 0.2) is 41.2 Å². The van der Waals surface area contributed by atoms with Gasteiger partial charge in [0.1, 0.15) is 5.76 Å². The standard InChI is InChI=1S/C20H23N5O3/c1-13-8-16(28-23-13)9-15-11-24(12-18(15)27-3)20(26)17-10-22-25(14(17)2)19-6-4-5-7-21-19/h4-8,10,15,18H,9,11-12H2,1-3H3/t15-,18+/m1/s1. The molecule has 28 heavy (non-hydrogen) atoms. The molecule has 1 aliphatic rings. The van der Waals surface area contributed by atoms with Crippen LogP contribution in [-0.2, 0) is 11.2 Å². The fourth-order valence-corrected chi connectivity index (χ4v) is 3.74. The Morgan fingerprint density at radius 2 is 2.18 bits per heavy atom. The number of ether oxygens (including phenoxy) is 1. The maximum absolute atomic E-state index is 13.1. The number of pyridine rings is 1. The number of carbonyl (C=O) groups is 1. The second-order valence-corrected chi connectivity index (χ2v) is 7.13. The molecule has 1 amide bonds. The number of carbonyl (C=O) groups excluding carboxylic acids is 1. The van der Waals surface area contributed by atoms with Gasteiger partial charge in [0.15, 0.2) is 5.82 Å². The minimum atomic E-state index is -0.0435. The Labute approximate surface area is 163 Å². The molecule has 1 fully saturated rings. The topological polar surface area (TPSA) is 86.3 Å². The van der Waals surface area contributed by atoms with E-state index in [0.717, 1.165) is 17.1 Å². The third-order valence-electron chi connectivity index (χ3n) is 5.22. The average Bonchev–Trinajstić information content (AvgIpc) is 3.41. The van der Waals surface area contributed by atoms with Crippen LogP contribution < -0.4 is 0 Å². The van der Waals surface area contributed by atoms with Gasteiger partial charge in [0.25, 0.3) is 5.91 Å². The molecule has 1 saturated heterocycles. The Morgan fingerprint density at radius 3 is 2.86 bits per heavy atom. The van der Waals surface area contributed by atoms with E-state index >= 15 is 0 Å². The van der Waals surface area contributed by atoms with E-state index in [1.54, 1.807) is 24.2 Å². The smallest absolute Gasteiger partial charge is 0.257 e. The minimum Gasteiger partial charge on any atom is -0.379 e. The van der Waals surface area contributed by atoms with Crippen LogP contribution in [0.4, 0.5) is 0 Å². The maximum atomic E-state index is 13.1. The molecule has 0 radical (unpaired) electrons. The first-order chi connectivity index (χ1) is 13.6. The van der Waals surface area contributed by atoms with Gasteiger partial charge in [-0.1, -0.05) is 11.2 Å². The summed E-state index contributed by atoms with van der Waals surface area (Å²) in [5.74, 6) is 1.62. The Hall–Kier alpha value is -3.00. The molecular formula is C20H23N5O3. The summed E-state index contributed by atoms with van der Waals surface area (Å²) in [6, 6.07) is 7.53. The van der Waals surface area contributed by atoms with Gasteiger partial charge in [-0.25, -0.2) is 9.67 Å². The predicted octanol–water partition coefficient (Wildman–Crippen LogP) is 2.20. The van der Waals surface area contributed by atoms with E-state index in [9.17, 15) is 4.79 Å². The number of hydrogen-bond donors (Lipinski definition) is 0. The third-order valence-corrected chi connectivity index (χ3v) is 5.22. The summed E-state index contributed by atoms with van der Waals surface area (Å²) in [4.78, 5) is 19.3. The van der Waals surface area contributed by atoms with Crippen LogP contribution in [0, 0.1) is 19.8 Å². The molecule has 4 rings (SSSR count). The van der Waals surface area contributed by atoms with Crippen molar-refractivity contribution in [3.8, 4) is 5.82 Å². The zero-order valence-electron chi connectivity index (χ0n) is 16.2. The van der Waals surface area contributed by atoms with Gasteiger partial charge in [-0.05, 0) is 26.0 Å². The van der Waals surface area contributed by atoms with Gasteiger partial charge in [0, 0.05) is 44.8 Å². The molecule has 8 nitrogen and oxygen atoms in total. The van der Waals surface area contributed by atoms with Gasteiger partial charge in [-0.3, -0.25) is 4.79 Å². The van der Waals surface area contributed by atoms with Gasteiger partial charge in [-0.2, -0.15) is 5.10 Å². The molecule has 0 aromatic carbocycles. The van der Waals surface area contributed by atoms with Crippen LogP contribution in [0.2, 0.25) is 0 Å². The van der Waals surface area contributed by atoms with Crippen molar-refractivity contribution in [1.29, 1.82) is 0 Å². The fourth-order valence-electron chi connectivity index (χ4n) is 3.74. The second kappa shape index (κ2) is 7.55. The first-order valence-electron chi connectivity index (χ1n) is 9.27. The van der Waals surface area contributed by atoms with Crippen molar-refractivity contribution in [3.05, 3.63) is 59.4 Å². The molecule has 1 aliphatic heterocycles. The lowest BCUT2D eigenvalue weighted by molar-refractivity contribution is 0.0672. The number of likely N-dealkylation sites (tertiary alicyclic amines) is 1. The molecule has 0 aliphatic carbocycles. The zero-order valence-corrected chi connectivity index (χ0v) is 16.2. The van der Waals surface area contributed by atoms with Gasteiger partial charge in [-0.15, -0.1) is 0 Å². The molecule has 8 heteroatoms. The summed E-state index contributed by atoms with van der Waals surface area (Å²) in [6.07, 6.45) is 3.97. The van der Waals surface area contributed by atoms with E-state index in [0.29, 0.717) is 30.9 Å². The molecule has 0 N–H and O–H groups in total. The molecule has 146 valence electrons. The van der Waals surface area contributed by atoms with Gasteiger partial charge < -0.3 is 14.2 Å². The highest BCUT2D eigenvalue weighted by atomic mass is 16.5. The third kappa shape index (κ3) is 3.43. The minimum absolute atomic E-state index is 0.0412. The zero-order chi connectivity index (χ0) is 19.7. The van der Waals surface area contributed by atoms with E-state index in [2.05, 4.69) is 15.2 Å². The highest BCUT2D eigenvalue weighted by molar-refractivity contribution is 5.95. The number of amides is 1. The summed E-state index contributed by atoms with van der Waals surface area (Å²) < 4.78 is 12.7. The molecule has 0 saturated carbocycles. The van der Waals surface area contributed by atoms with Crippen molar-refractivity contribution >= 4 is 5.91 Å². The van der Waals surface area contributed by atoms with Gasteiger partial charge >= 0.3 is 0 Å². The Kier molecular flexibility index (Phi) is 4.95. The summed E-state index contributed by atoms with van der Waals surface area (Å²) in [5.41, 5.74) is 2.20. The fraction of sp³-hybridized carbons (Fsp3) is 0.400. The Morgan fingerprint density at radius 1 is 1.32 bits per heavy atom. The van der Waals surface area contributed by atoms with E-state index in [1.807, 2.05) is 43.0 Å². The number of aryl methyl sites for hydroxylation is 1. The number of methoxy groups -OCH3 is 1. The molecule has 0 bridgehead atoms. The molecule has 0 unspecified atom stereocenters. The van der Waals surface area contributed by atoms with Crippen molar-refractivity contribution in [1.82, 2.24) is 24.8 Å². The van der Waals surface area contributed by atoms with E-state index in [1.165, 1.54) is 0 Å². The van der Waals surface area contributed by atoms with Crippen molar-refractivity contribution in [2.45, 2.75) is 26.4 Å². The van der Waals surface area contributed by atoms with Crippen molar-refractivity contribution in [2.75, 3.05) is 20.2 Å². The summed E-state index contributed by atoms with van der Waals surface area (Å²) >= 11 is 0. The van der Waals surface area contributed by atoms with Crippen LogP contribution in [0.3, 0.4) is 0 Å². The largest absolute Gasteiger partial charge is 0.379 e. The van der Waals surface area contributed by atoms with E-state index < -0.39 is 0 Å². The lowest BCUT2D eigenvalue weighted by Gasteiger charge is -2.15. The number of nitrogens with zero attached hydrogens (tertiary/aromatic N) is 5. The highest BCUT2D eigenvalue weighted by Crippen LogP contribution is 2.26. The molecule has 2 atom stereocenters. The van der Waals surface area contributed by atoms with Crippen LogP contribution in [0.25, 0.3) is 5.82 Å². The number of hydrogen-bond acceptors (Lipinski definition) is 6. The van der Waals surface area contributed by atoms with Crippen molar-refractivity contribution < 1.29 is 14.1 Å². The SMILES string of the molecule is CO[C@H]1CN(C(=O)c2cnn(-c3ccccn3)c2C)C[C@H]1Cc1cc(C)no1. The van der Waals surface area contributed by atoms with Crippen molar-refractivity contribution in [2.24, 2.45) is 5.92 Å². The summed E-state index contributed by atoms with van der Waals surface area (Å²) in [5, 5.41) is 8.30. The van der Waals surface area contributed by atoms with Crippen LogP contribution in [-0.4, -0.2) is 57.0 Å². The first kappa shape index (κ1) is 18.4. The first-order valence-corrected chi connectivity index (χ1v) is 9.27. The normalized spacial score (nSPS) is 19.3. The summed E-state index contributed by atoms with van der Waals surface area (Å²) in [7, 11) is 1.68. The van der Waals surface area contributed by atoms with Gasteiger partial charge in [0.05, 0.1) is 29.3 Å². The van der Waals surface area contributed by atoms with Crippen LogP contribution in [0.1, 0.15) is 27.5 Å². The lowest BCUT2D eigenvalue weighted by Crippen LogP contribution is -2.30. The monoisotopic (exact) mass is 381 g/mol. The average molecular weight is 381 g/mol. The number of rotatable bonds is 5. The van der Waals surface area contributed by atoms with E-state index in [-0.39, 0.29) is 17.9 Å². The maximum Gasteiger partial charge on any atom is 0.257 e. The van der Waals surface area contributed by atoms with Crippen LogP contribution in [0.5, 0.6) is 0 Å². The Bertz CT molecular complexity index is 965. The molecule has 3 aromatic rings. The van der Waals surface area contributed by atoms with E-state index in [4.69, 9.17) is 9.26 Å². The highest BCUT2D eigenvalue weighted by Gasteiger charge is 2.37. The molecule has 0 spiro atoms. The molecule has 3 aromatic heterocycles. The quantitative estimate of drug-likeness (QED) is 0.673.